The van der Waals surface area contributed by atoms with Crippen LogP contribution < -0.4 is 10.6 Å². The Morgan fingerprint density at radius 1 is 0.810 bits per heavy atom. The molecule has 1 aliphatic rings. The van der Waals surface area contributed by atoms with E-state index in [2.05, 4.69) is 64.4 Å². The highest BCUT2D eigenvalue weighted by atomic mass is 15.3. The van der Waals surface area contributed by atoms with Crippen LogP contribution in [0.4, 0.5) is 5.69 Å². The average molecular weight is 281 g/mol. The highest BCUT2D eigenvalue weighted by molar-refractivity contribution is 5.46. The molecule has 0 bridgehead atoms. The Hall–Kier alpha value is -1.84. The van der Waals surface area contributed by atoms with Gasteiger partial charge in [0.1, 0.15) is 0 Å². The van der Waals surface area contributed by atoms with E-state index in [4.69, 9.17) is 5.73 Å². The number of hydrogen-bond donors (Lipinski definition) is 1. The zero-order valence-corrected chi connectivity index (χ0v) is 12.4. The van der Waals surface area contributed by atoms with Gasteiger partial charge in [0.15, 0.2) is 0 Å². The summed E-state index contributed by atoms with van der Waals surface area (Å²) in [5.41, 5.74) is 9.63. The molecule has 1 saturated heterocycles. The minimum Gasteiger partial charge on any atom is -0.369 e. The molecule has 0 saturated carbocycles. The van der Waals surface area contributed by atoms with E-state index in [0.717, 1.165) is 32.7 Å². The lowest BCUT2D eigenvalue weighted by molar-refractivity contribution is 0.250. The van der Waals surface area contributed by atoms with E-state index in [1.165, 1.54) is 16.8 Å². The van der Waals surface area contributed by atoms with Crippen molar-refractivity contribution in [2.75, 3.05) is 31.1 Å². The molecule has 2 N–H and O–H groups in total. The molecule has 110 valence electrons. The maximum absolute atomic E-state index is 5.71. The molecular formula is C18H23N3. The van der Waals surface area contributed by atoms with Crippen molar-refractivity contribution in [3.05, 3.63) is 65.7 Å². The number of nitrogens with zero attached hydrogens (tertiary/aromatic N) is 2. The molecule has 0 aromatic heterocycles. The normalized spacial score (nSPS) is 16.1. The topological polar surface area (TPSA) is 32.5 Å². The molecule has 1 aliphatic heterocycles. The van der Waals surface area contributed by atoms with Gasteiger partial charge in [-0.15, -0.1) is 0 Å². The molecule has 0 aliphatic carbocycles. The zero-order valence-electron chi connectivity index (χ0n) is 12.4. The van der Waals surface area contributed by atoms with Crippen molar-refractivity contribution in [1.82, 2.24) is 4.90 Å². The van der Waals surface area contributed by atoms with E-state index in [-0.39, 0.29) is 0 Å². The minimum atomic E-state index is 0.621. The molecule has 0 amide bonds. The molecule has 3 heteroatoms. The predicted octanol–water partition coefficient (Wildman–Crippen LogP) is 2.47. The third-order valence-electron chi connectivity index (χ3n) is 4.13. The first-order valence-corrected chi connectivity index (χ1v) is 7.65. The van der Waals surface area contributed by atoms with Crippen LogP contribution in [-0.2, 0) is 13.1 Å². The van der Waals surface area contributed by atoms with Crippen LogP contribution in [-0.4, -0.2) is 31.1 Å². The molecule has 0 atom stereocenters. The van der Waals surface area contributed by atoms with Gasteiger partial charge in [-0.2, -0.15) is 0 Å². The molecule has 1 heterocycles. The van der Waals surface area contributed by atoms with Crippen molar-refractivity contribution in [2.45, 2.75) is 13.1 Å². The number of para-hydroxylation sites is 1. The molecule has 1 fully saturated rings. The summed E-state index contributed by atoms with van der Waals surface area (Å²) in [6, 6.07) is 19.3. The van der Waals surface area contributed by atoms with Crippen molar-refractivity contribution >= 4 is 5.69 Å². The lowest BCUT2D eigenvalue weighted by Gasteiger charge is -2.36. The lowest BCUT2D eigenvalue weighted by Crippen LogP contribution is -2.45. The van der Waals surface area contributed by atoms with Gasteiger partial charge in [0.05, 0.1) is 0 Å². The number of rotatable bonds is 4. The van der Waals surface area contributed by atoms with Crippen molar-refractivity contribution < 1.29 is 0 Å². The summed E-state index contributed by atoms with van der Waals surface area (Å²) in [6.45, 7) is 6.07. The van der Waals surface area contributed by atoms with Gasteiger partial charge >= 0.3 is 0 Å². The first-order valence-electron chi connectivity index (χ1n) is 7.65. The van der Waals surface area contributed by atoms with Gasteiger partial charge < -0.3 is 10.6 Å². The quantitative estimate of drug-likeness (QED) is 0.934. The van der Waals surface area contributed by atoms with Crippen molar-refractivity contribution in [2.24, 2.45) is 5.73 Å². The maximum atomic E-state index is 5.71. The van der Waals surface area contributed by atoms with Crippen molar-refractivity contribution in [3.63, 3.8) is 0 Å². The van der Waals surface area contributed by atoms with E-state index >= 15 is 0 Å². The molecule has 0 radical (unpaired) electrons. The molecule has 0 spiro atoms. The number of nitrogens with two attached hydrogens (primary N) is 1. The zero-order chi connectivity index (χ0) is 14.5. The maximum Gasteiger partial charge on any atom is 0.0367 e. The van der Waals surface area contributed by atoms with Crippen molar-refractivity contribution in [3.8, 4) is 0 Å². The second-order valence-electron chi connectivity index (χ2n) is 5.62. The Labute approximate surface area is 127 Å². The Bertz CT molecular complexity index is 560. The summed E-state index contributed by atoms with van der Waals surface area (Å²) < 4.78 is 0. The molecule has 3 rings (SSSR count). The highest BCUT2D eigenvalue weighted by Gasteiger charge is 2.17. The van der Waals surface area contributed by atoms with Gasteiger partial charge in [-0.1, -0.05) is 42.5 Å². The van der Waals surface area contributed by atoms with Crippen LogP contribution in [0.2, 0.25) is 0 Å². The third-order valence-corrected chi connectivity index (χ3v) is 4.13. The van der Waals surface area contributed by atoms with Crippen LogP contribution >= 0.6 is 0 Å². The summed E-state index contributed by atoms with van der Waals surface area (Å²) in [7, 11) is 0. The summed E-state index contributed by atoms with van der Waals surface area (Å²) in [6.07, 6.45) is 0. The number of piperazine rings is 1. The van der Waals surface area contributed by atoms with Crippen LogP contribution in [0, 0.1) is 0 Å². The second-order valence-corrected chi connectivity index (χ2v) is 5.62. The third kappa shape index (κ3) is 3.63. The highest BCUT2D eigenvalue weighted by Crippen LogP contribution is 2.17. The molecule has 2 aromatic carbocycles. The first kappa shape index (κ1) is 14.1. The Kier molecular flexibility index (Phi) is 4.53. The van der Waals surface area contributed by atoms with Crippen LogP contribution in [0.5, 0.6) is 0 Å². The van der Waals surface area contributed by atoms with Gasteiger partial charge in [-0.25, -0.2) is 0 Å². The first-order chi connectivity index (χ1) is 10.3. The van der Waals surface area contributed by atoms with Gasteiger partial charge in [0.25, 0.3) is 0 Å². The predicted molar refractivity (Wildman–Crippen MR) is 88.3 cm³/mol. The standard InChI is InChI=1S/C18H23N3/c19-14-16-5-4-6-17(13-16)15-20-9-11-21(12-10-20)18-7-2-1-3-8-18/h1-8,13H,9-12,14-15,19H2. The van der Waals surface area contributed by atoms with E-state index in [0.29, 0.717) is 6.54 Å². The van der Waals surface area contributed by atoms with Crippen molar-refractivity contribution in [1.29, 1.82) is 0 Å². The molecule has 21 heavy (non-hydrogen) atoms. The van der Waals surface area contributed by atoms with Crippen LogP contribution in [0.1, 0.15) is 11.1 Å². The van der Waals surface area contributed by atoms with Crippen LogP contribution in [0.3, 0.4) is 0 Å². The lowest BCUT2D eigenvalue weighted by atomic mass is 10.1. The SMILES string of the molecule is NCc1cccc(CN2CCN(c3ccccc3)CC2)c1. The van der Waals surface area contributed by atoms with Crippen LogP contribution in [0.25, 0.3) is 0 Å². The Balaban J connectivity index is 1.56. The smallest absolute Gasteiger partial charge is 0.0367 e. The fourth-order valence-electron chi connectivity index (χ4n) is 2.92. The second kappa shape index (κ2) is 6.74. The van der Waals surface area contributed by atoms with Gasteiger partial charge in [-0.3, -0.25) is 4.90 Å². The number of benzene rings is 2. The summed E-state index contributed by atoms with van der Waals surface area (Å²) in [5, 5.41) is 0. The monoisotopic (exact) mass is 281 g/mol. The Morgan fingerprint density at radius 2 is 1.52 bits per heavy atom. The fraction of sp³-hybridized carbons (Fsp3) is 0.333. The average Bonchev–Trinajstić information content (AvgIpc) is 2.56. The van der Waals surface area contributed by atoms with Gasteiger partial charge in [-0.05, 0) is 23.3 Å². The molecule has 3 nitrogen and oxygen atoms in total. The van der Waals surface area contributed by atoms with E-state index in [1.807, 2.05) is 0 Å². The van der Waals surface area contributed by atoms with Crippen LogP contribution in [0.15, 0.2) is 54.6 Å². The minimum absolute atomic E-state index is 0.621. The summed E-state index contributed by atoms with van der Waals surface area (Å²) in [5.74, 6) is 0. The summed E-state index contributed by atoms with van der Waals surface area (Å²) in [4.78, 5) is 4.99. The van der Waals surface area contributed by atoms with E-state index < -0.39 is 0 Å². The van der Waals surface area contributed by atoms with E-state index in [1.54, 1.807) is 0 Å². The van der Waals surface area contributed by atoms with Gasteiger partial charge in [0, 0.05) is 45.0 Å². The number of hydrogen-bond acceptors (Lipinski definition) is 3. The fourth-order valence-corrected chi connectivity index (χ4v) is 2.92. The molecule has 2 aromatic rings. The number of anilines is 1. The molecule has 0 unspecified atom stereocenters. The summed E-state index contributed by atoms with van der Waals surface area (Å²) >= 11 is 0. The Morgan fingerprint density at radius 3 is 2.24 bits per heavy atom. The largest absolute Gasteiger partial charge is 0.369 e. The van der Waals surface area contributed by atoms with Gasteiger partial charge in [0.2, 0.25) is 0 Å². The molecular weight excluding hydrogens is 258 g/mol. The van der Waals surface area contributed by atoms with E-state index in [9.17, 15) is 0 Å².